The first-order valence-electron chi connectivity index (χ1n) is 4.38. The van der Waals surface area contributed by atoms with Crippen LogP contribution in [0.4, 0.5) is 5.82 Å². The molecule has 14 heavy (non-hydrogen) atoms. The quantitative estimate of drug-likeness (QED) is 0.735. The van der Waals surface area contributed by atoms with Crippen molar-refractivity contribution in [2.75, 3.05) is 5.73 Å². The lowest BCUT2D eigenvalue weighted by molar-refractivity contribution is 0.928. The van der Waals surface area contributed by atoms with Gasteiger partial charge in [0, 0.05) is 31.1 Å². The van der Waals surface area contributed by atoms with Gasteiger partial charge in [-0.05, 0) is 13.0 Å². The summed E-state index contributed by atoms with van der Waals surface area (Å²) in [6, 6.07) is 3.78. The van der Waals surface area contributed by atoms with E-state index in [1.807, 2.05) is 37.0 Å². The van der Waals surface area contributed by atoms with Crippen molar-refractivity contribution in [3.05, 3.63) is 30.4 Å². The zero-order chi connectivity index (χ0) is 10.1. The molecule has 0 amide bonds. The van der Waals surface area contributed by atoms with E-state index in [9.17, 15) is 0 Å². The van der Waals surface area contributed by atoms with E-state index < -0.39 is 0 Å². The highest BCUT2D eigenvalue weighted by molar-refractivity contribution is 5.61. The first-order chi connectivity index (χ1) is 6.65. The first-order valence-corrected chi connectivity index (χ1v) is 4.38. The Kier molecular flexibility index (Phi) is 1.96. The Bertz CT molecular complexity index is 439. The van der Waals surface area contributed by atoms with Crippen LogP contribution < -0.4 is 5.73 Å². The number of anilines is 1. The Morgan fingerprint density at radius 3 is 2.71 bits per heavy atom. The number of rotatable bonds is 1. The molecule has 4 heteroatoms. The fourth-order valence-electron chi connectivity index (χ4n) is 1.39. The third-order valence-electron chi connectivity index (χ3n) is 1.99. The second-order valence-electron chi connectivity index (χ2n) is 3.29. The Morgan fingerprint density at radius 1 is 1.36 bits per heavy atom. The Morgan fingerprint density at radius 2 is 2.14 bits per heavy atom. The van der Waals surface area contributed by atoms with Crippen molar-refractivity contribution >= 4 is 5.82 Å². The summed E-state index contributed by atoms with van der Waals surface area (Å²) in [5.74, 6) is 1.21. The van der Waals surface area contributed by atoms with E-state index in [1.165, 1.54) is 0 Å². The van der Waals surface area contributed by atoms with Crippen LogP contribution in [0, 0.1) is 6.92 Å². The molecule has 0 bridgehead atoms. The summed E-state index contributed by atoms with van der Waals surface area (Å²) in [6.45, 7) is 1.84. The summed E-state index contributed by atoms with van der Waals surface area (Å²) < 4.78 is 1.98. The molecule has 2 aromatic heterocycles. The van der Waals surface area contributed by atoms with Gasteiger partial charge in [-0.15, -0.1) is 0 Å². The van der Waals surface area contributed by atoms with Crippen molar-refractivity contribution in [1.82, 2.24) is 14.5 Å². The minimum absolute atomic E-state index is 0.511. The number of nitrogen functional groups attached to an aromatic ring is 1. The Balaban J connectivity index is 2.51. The standard InChI is InChI=1S/C10H12N4/c1-7-12-9(5-10(11)13-7)8-3-4-14(2)6-8/h3-6H,1-2H3,(H2,11,12,13). The molecule has 2 heterocycles. The third kappa shape index (κ3) is 1.59. The van der Waals surface area contributed by atoms with E-state index in [4.69, 9.17) is 5.73 Å². The van der Waals surface area contributed by atoms with Crippen LogP contribution in [-0.4, -0.2) is 14.5 Å². The van der Waals surface area contributed by atoms with E-state index in [1.54, 1.807) is 6.07 Å². The molecule has 0 aromatic carbocycles. The zero-order valence-corrected chi connectivity index (χ0v) is 8.23. The Labute approximate surface area is 82.4 Å². The maximum Gasteiger partial charge on any atom is 0.128 e. The molecule has 0 saturated heterocycles. The number of aryl methyl sites for hydroxylation is 2. The van der Waals surface area contributed by atoms with Gasteiger partial charge in [-0.25, -0.2) is 9.97 Å². The van der Waals surface area contributed by atoms with Crippen molar-refractivity contribution in [1.29, 1.82) is 0 Å². The minimum atomic E-state index is 0.511. The van der Waals surface area contributed by atoms with E-state index in [-0.39, 0.29) is 0 Å². The monoisotopic (exact) mass is 188 g/mol. The molecule has 0 aliphatic carbocycles. The highest BCUT2D eigenvalue weighted by atomic mass is 14.9. The van der Waals surface area contributed by atoms with E-state index >= 15 is 0 Å². The van der Waals surface area contributed by atoms with Crippen LogP contribution in [0.5, 0.6) is 0 Å². The molecule has 2 rings (SSSR count). The second-order valence-corrected chi connectivity index (χ2v) is 3.29. The summed E-state index contributed by atoms with van der Waals surface area (Å²) >= 11 is 0. The molecule has 72 valence electrons. The van der Waals surface area contributed by atoms with Gasteiger partial charge in [0.1, 0.15) is 11.6 Å². The van der Waals surface area contributed by atoms with Gasteiger partial charge in [-0.2, -0.15) is 0 Å². The van der Waals surface area contributed by atoms with Gasteiger partial charge < -0.3 is 10.3 Å². The zero-order valence-electron chi connectivity index (χ0n) is 8.23. The fourth-order valence-corrected chi connectivity index (χ4v) is 1.39. The van der Waals surface area contributed by atoms with Gasteiger partial charge in [0.2, 0.25) is 0 Å². The van der Waals surface area contributed by atoms with Crippen LogP contribution >= 0.6 is 0 Å². The van der Waals surface area contributed by atoms with E-state index in [2.05, 4.69) is 9.97 Å². The maximum atomic E-state index is 5.65. The summed E-state index contributed by atoms with van der Waals surface area (Å²) in [5, 5.41) is 0. The third-order valence-corrected chi connectivity index (χ3v) is 1.99. The molecule has 0 spiro atoms. The summed E-state index contributed by atoms with van der Waals surface area (Å²) in [7, 11) is 1.97. The summed E-state index contributed by atoms with van der Waals surface area (Å²) in [6.07, 6.45) is 3.98. The number of hydrogen-bond acceptors (Lipinski definition) is 3. The van der Waals surface area contributed by atoms with Crippen LogP contribution in [0.25, 0.3) is 11.3 Å². The molecule has 0 aliphatic heterocycles. The van der Waals surface area contributed by atoms with Gasteiger partial charge in [0.15, 0.2) is 0 Å². The number of nitrogens with zero attached hydrogens (tertiary/aromatic N) is 3. The van der Waals surface area contributed by atoms with Gasteiger partial charge in [-0.1, -0.05) is 0 Å². The molecule has 0 saturated carbocycles. The van der Waals surface area contributed by atoms with E-state index in [0.29, 0.717) is 11.6 Å². The van der Waals surface area contributed by atoms with Crippen LogP contribution in [0.1, 0.15) is 5.82 Å². The topological polar surface area (TPSA) is 56.7 Å². The van der Waals surface area contributed by atoms with Crippen molar-refractivity contribution < 1.29 is 0 Å². The molecule has 0 radical (unpaired) electrons. The molecule has 4 nitrogen and oxygen atoms in total. The highest BCUT2D eigenvalue weighted by Crippen LogP contribution is 2.18. The lowest BCUT2D eigenvalue weighted by Gasteiger charge is -2.00. The molecule has 0 aliphatic rings. The molecule has 2 aromatic rings. The predicted molar refractivity (Wildman–Crippen MR) is 55.6 cm³/mol. The van der Waals surface area contributed by atoms with Crippen molar-refractivity contribution in [3.63, 3.8) is 0 Å². The highest BCUT2D eigenvalue weighted by Gasteiger charge is 2.03. The molecule has 0 unspecified atom stereocenters. The van der Waals surface area contributed by atoms with E-state index in [0.717, 1.165) is 11.3 Å². The predicted octanol–water partition coefficient (Wildman–Crippen LogP) is 1.37. The number of aromatic nitrogens is 3. The normalized spacial score (nSPS) is 10.4. The lowest BCUT2D eigenvalue weighted by atomic mass is 10.2. The second kappa shape index (κ2) is 3.14. The average Bonchev–Trinajstić information content (AvgIpc) is 2.50. The summed E-state index contributed by atoms with van der Waals surface area (Å²) in [4.78, 5) is 8.34. The first kappa shape index (κ1) is 8.74. The molecule has 0 atom stereocenters. The van der Waals surface area contributed by atoms with Gasteiger partial charge in [0.05, 0.1) is 5.69 Å². The molecular formula is C10H12N4. The Hall–Kier alpha value is -1.84. The van der Waals surface area contributed by atoms with Gasteiger partial charge in [0.25, 0.3) is 0 Å². The smallest absolute Gasteiger partial charge is 0.128 e. The van der Waals surface area contributed by atoms with Crippen LogP contribution in [0.2, 0.25) is 0 Å². The van der Waals surface area contributed by atoms with Gasteiger partial charge >= 0.3 is 0 Å². The van der Waals surface area contributed by atoms with Crippen molar-refractivity contribution in [2.45, 2.75) is 6.92 Å². The average molecular weight is 188 g/mol. The molecular weight excluding hydrogens is 176 g/mol. The SMILES string of the molecule is Cc1nc(N)cc(-c2ccn(C)c2)n1. The van der Waals surface area contributed by atoms with Crippen molar-refractivity contribution in [2.24, 2.45) is 7.05 Å². The van der Waals surface area contributed by atoms with Crippen LogP contribution in [0.15, 0.2) is 24.5 Å². The van der Waals surface area contributed by atoms with Crippen LogP contribution in [-0.2, 0) is 7.05 Å². The van der Waals surface area contributed by atoms with Gasteiger partial charge in [-0.3, -0.25) is 0 Å². The fraction of sp³-hybridized carbons (Fsp3) is 0.200. The van der Waals surface area contributed by atoms with Crippen molar-refractivity contribution in [3.8, 4) is 11.3 Å². The van der Waals surface area contributed by atoms with Crippen LogP contribution in [0.3, 0.4) is 0 Å². The minimum Gasteiger partial charge on any atom is -0.384 e. The summed E-state index contributed by atoms with van der Waals surface area (Å²) in [5.41, 5.74) is 7.58. The number of nitrogens with two attached hydrogens (primary N) is 1. The largest absolute Gasteiger partial charge is 0.384 e. The molecule has 0 fully saturated rings. The lowest BCUT2D eigenvalue weighted by Crippen LogP contribution is -1.96. The number of hydrogen-bond donors (Lipinski definition) is 1. The molecule has 2 N–H and O–H groups in total. The maximum absolute atomic E-state index is 5.65.